The van der Waals surface area contributed by atoms with Gasteiger partial charge in [0.25, 0.3) is 0 Å². The van der Waals surface area contributed by atoms with Crippen LogP contribution in [0.2, 0.25) is 0 Å². The molecule has 0 spiro atoms. The van der Waals surface area contributed by atoms with Crippen LogP contribution >= 0.6 is 0 Å². The van der Waals surface area contributed by atoms with Crippen molar-refractivity contribution in [2.24, 2.45) is 0 Å². The SMILES string of the molecule is C=CC(c1ccc(OC(F)(F)F)cc1)S(=O)(=O)Nc1ccc2c(ccn2C(Cc2ccccc2)C(=O)O)c1. The number of anilines is 1. The van der Waals surface area contributed by atoms with Gasteiger partial charge in [0.2, 0.25) is 10.0 Å². The highest BCUT2D eigenvalue weighted by molar-refractivity contribution is 7.93. The Labute approximate surface area is 216 Å². The normalized spacial score (nSPS) is 13.6. The van der Waals surface area contributed by atoms with Crippen molar-refractivity contribution < 1.29 is 36.2 Å². The zero-order chi connectivity index (χ0) is 27.5. The summed E-state index contributed by atoms with van der Waals surface area (Å²) < 4.78 is 71.4. The molecule has 1 heterocycles. The fourth-order valence-corrected chi connectivity index (χ4v) is 5.52. The van der Waals surface area contributed by atoms with Gasteiger partial charge < -0.3 is 14.4 Å². The predicted octanol–water partition coefficient (Wildman–Crippen LogP) is 6.08. The second kappa shape index (κ2) is 10.6. The first-order valence-corrected chi connectivity index (χ1v) is 12.9. The summed E-state index contributed by atoms with van der Waals surface area (Å²) in [5.74, 6) is -1.48. The smallest absolute Gasteiger partial charge is 0.480 e. The first kappa shape index (κ1) is 26.8. The molecule has 4 rings (SSSR count). The van der Waals surface area contributed by atoms with E-state index >= 15 is 0 Å². The number of nitrogens with one attached hydrogen (secondary N) is 1. The highest BCUT2D eigenvalue weighted by Gasteiger charge is 2.31. The van der Waals surface area contributed by atoms with Crippen LogP contribution in [-0.2, 0) is 21.2 Å². The number of aromatic nitrogens is 1. The lowest BCUT2D eigenvalue weighted by atomic mass is 10.1. The summed E-state index contributed by atoms with van der Waals surface area (Å²) in [4.78, 5) is 12.0. The maximum atomic E-state index is 13.1. The number of hydrogen-bond donors (Lipinski definition) is 2. The first-order chi connectivity index (χ1) is 18.0. The molecule has 0 saturated carbocycles. The number of hydrogen-bond acceptors (Lipinski definition) is 4. The van der Waals surface area contributed by atoms with Crippen molar-refractivity contribution in [1.82, 2.24) is 4.57 Å². The third-order valence-electron chi connectivity index (χ3n) is 5.86. The zero-order valence-corrected chi connectivity index (χ0v) is 20.6. The van der Waals surface area contributed by atoms with Crippen molar-refractivity contribution in [2.45, 2.75) is 24.1 Å². The summed E-state index contributed by atoms with van der Waals surface area (Å²) in [6.45, 7) is 3.56. The summed E-state index contributed by atoms with van der Waals surface area (Å²) in [5, 5.41) is 9.22. The van der Waals surface area contributed by atoms with Crippen LogP contribution in [-0.4, -0.2) is 30.4 Å². The van der Waals surface area contributed by atoms with Gasteiger partial charge in [-0.3, -0.25) is 4.72 Å². The molecule has 2 N–H and O–H groups in total. The van der Waals surface area contributed by atoms with Gasteiger partial charge in [-0.25, -0.2) is 13.2 Å². The van der Waals surface area contributed by atoms with E-state index in [4.69, 9.17) is 0 Å². The largest absolute Gasteiger partial charge is 0.573 e. The molecule has 7 nitrogen and oxygen atoms in total. The second-order valence-corrected chi connectivity index (χ2v) is 10.3. The number of halogens is 3. The fraction of sp³-hybridized carbons (Fsp3) is 0.148. The Hall–Kier alpha value is -4.25. The lowest BCUT2D eigenvalue weighted by Crippen LogP contribution is -2.21. The number of carbonyl (C=O) groups is 1. The maximum Gasteiger partial charge on any atom is 0.573 e. The summed E-state index contributed by atoms with van der Waals surface area (Å²) >= 11 is 0. The Morgan fingerprint density at radius 1 is 1.05 bits per heavy atom. The quantitative estimate of drug-likeness (QED) is 0.236. The minimum atomic E-state index is -4.86. The van der Waals surface area contributed by atoms with Crippen molar-refractivity contribution >= 4 is 32.6 Å². The van der Waals surface area contributed by atoms with Crippen molar-refractivity contribution in [3.8, 4) is 5.75 Å². The van der Waals surface area contributed by atoms with Gasteiger partial charge in [-0.2, -0.15) is 0 Å². The molecule has 38 heavy (non-hydrogen) atoms. The lowest BCUT2D eigenvalue weighted by molar-refractivity contribution is -0.274. The van der Waals surface area contributed by atoms with Crippen LogP contribution in [0.1, 0.15) is 22.4 Å². The molecule has 0 aliphatic heterocycles. The molecule has 2 unspecified atom stereocenters. The van der Waals surface area contributed by atoms with Gasteiger partial charge in [-0.05, 0) is 47.5 Å². The van der Waals surface area contributed by atoms with Crippen molar-refractivity contribution in [3.63, 3.8) is 0 Å². The van der Waals surface area contributed by atoms with Crippen molar-refractivity contribution in [1.29, 1.82) is 0 Å². The fourth-order valence-electron chi connectivity index (χ4n) is 4.17. The van der Waals surface area contributed by atoms with E-state index in [1.54, 1.807) is 29.0 Å². The number of fused-ring (bicyclic) bond motifs is 1. The summed E-state index contributed by atoms with van der Waals surface area (Å²) in [6.07, 6.45) is -1.79. The summed E-state index contributed by atoms with van der Waals surface area (Å²) in [5.41, 5.74) is 1.89. The third kappa shape index (κ3) is 6.17. The second-order valence-electron chi connectivity index (χ2n) is 8.46. The first-order valence-electron chi connectivity index (χ1n) is 11.3. The van der Waals surface area contributed by atoms with Crippen LogP contribution in [0.3, 0.4) is 0 Å². The molecule has 198 valence electrons. The number of nitrogens with zero attached hydrogens (tertiary/aromatic N) is 1. The van der Waals surface area contributed by atoms with Gasteiger partial charge in [0.1, 0.15) is 17.0 Å². The van der Waals surface area contributed by atoms with E-state index < -0.39 is 39.4 Å². The molecule has 0 aliphatic rings. The molecule has 0 fully saturated rings. The Bertz CT molecular complexity index is 1550. The third-order valence-corrected chi connectivity index (χ3v) is 7.52. The molecule has 0 bridgehead atoms. The number of sulfonamides is 1. The Morgan fingerprint density at radius 2 is 1.74 bits per heavy atom. The Kier molecular flexibility index (Phi) is 7.49. The number of carboxylic acid groups (broad SMARTS) is 1. The van der Waals surface area contributed by atoms with Crippen LogP contribution in [0.15, 0.2) is 97.7 Å². The maximum absolute atomic E-state index is 13.1. The van der Waals surface area contributed by atoms with Gasteiger partial charge in [-0.1, -0.05) is 48.5 Å². The number of carboxylic acids is 1. The van der Waals surface area contributed by atoms with Crippen LogP contribution in [0.5, 0.6) is 5.75 Å². The van der Waals surface area contributed by atoms with E-state index in [2.05, 4.69) is 16.0 Å². The molecular weight excluding hydrogens is 521 g/mol. The molecular formula is C27H23F3N2O5S. The average molecular weight is 545 g/mol. The number of ether oxygens (including phenoxy) is 1. The standard InChI is InChI=1S/C27H23F3N2O5S/c1-2-25(19-8-11-22(12-9-19)37-27(28,29)30)38(35,36)31-21-10-13-23-20(17-21)14-15-32(23)24(26(33)34)16-18-6-4-3-5-7-18/h2-15,17,24-25,31H,1,16H2,(H,33,34). The molecule has 2 atom stereocenters. The molecule has 0 aliphatic carbocycles. The van der Waals surface area contributed by atoms with E-state index in [-0.39, 0.29) is 17.7 Å². The number of rotatable bonds is 10. The molecule has 0 radical (unpaired) electrons. The van der Waals surface area contributed by atoms with Gasteiger partial charge in [0, 0.05) is 29.2 Å². The van der Waals surface area contributed by atoms with Crippen molar-refractivity contribution in [2.75, 3.05) is 4.72 Å². The molecule has 4 aromatic rings. The van der Waals surface area contributed by atoms with E-state index in [1.807, 2.05) is 30.3 Å². The van der Waals surface area contributed by atoms with Gasteiger partial charge in [0.05, 0.1) is 0 Å². The van der Waals surface area contributed by atoms with Gasteiger partial charge in [-0.15, -0.1) is 19.8 Å². The molecule has 0 saturated heterocycles. The Morgan fingerprint density at radius 3 is 2.34 bits per heavy atom. The number of aliphatic carboxylic acids is 1. The lowest BCUT2D eigenvalue weighted by Gasteiger charge is -2.18. The molecule has 0 amide bonds. The topological polar surface area (TPSA) is 97.6 Å². The summed E-state index contributed by atoms with van der Waals surface area (Å²) in [7, 11) is -4.09. The molecule has 1 aromatic heterocycles. The van der Waals surface area contributed by atoms with Gasteiger partial charge in [0.15, 0.2) is 0 Å². The van der Waals surface area contributed by atoms with Crippen molar-refractivity contribution in [3.05, 3.63) is 109 Å². The molecule has 11 heteroatoms. The van der Waals surface area contributed by atoms with Crippen LogP contribution in [0.25, 0.3) is 10.9 Å². The minimum Gasteiger partial charge on any atom is -0.480 e. The highest BCUT2D eigenvalue weighted by atomic mass is 32.2. The number of benzene rings is 3. The van der Waals surface area contributed by atoms with Crippen LogP contribution in [0.4, 0.5) is 18.9 Å². The number of alkyl halides is 3. The monoisotopic (exact) mass is 544 g/mol. The van der Waals surface area contributed by atoms with E-state index in [0.29, 0.717) is 10.9 Å². The Balaban J connectivity index is 1.56. The van der Waals surface area contributed by atoms with E-state index in [9.17, 15) is 31.5 Å². The molecule has 3 aromatic carbocycles. The van der Waals surface area contributed by atoms with E-state index in [1.165, 1.54) is 18.2 Å². The van der Waals surface area contributed by atoms with Gasteiger partial charge >= 0.3 is 12.3 Å². The highest BCUT2D eigenvalue weighted by Crippen LogP contribution is 2.31. The zero-order valence-electron chi connectivity index (χ0n) is 19.8. The van der Waals surface area contributed by atoms with Crippen LogP contribution < -0.4 is 9.46 Å². The minimum absolute atomic E-state index is 0.194. The van der Waals surface area contributed by atoms with E-state index in [0.717, 1.165) is 23.8 Å². The predicted molar refractivity (Wildman–Crippen MR) is 137 cm³/mol. The summed E-state index contributed by atoms with van der Waals surface area (Å²) in [6, 6.07) is 19.2. The van der Waals surface area contributed by atoms with Crippen LogP contribution in [0, 0.1) is 0 Å². The average Bonchev–Trinajstić information content (AvgIpc) is 3.26.